The van der Waals surface area contributed by atoms with Crippen molar-refractivity contribution in [1.82, 2.24) is 10.2 Å². The number of likely N-dealkylation sites (tertiary alicyclic amines) is 1. The number of hydrogen-bond acceptors (Lipinski definition) is 2. The topological polar surface area (TPSA) is 32.3 Å². The van der Waals surface area contributed by atoms with Crippen LogP contribution >= 0.6 is 0 Å². The largest absolute Gasteiger partial charge is 0.342 e. The number of benzene rings is 1. The van der Waals surface area contributed by atoms with Crippen molar-refractivity contribution in [1.29, 1.82) is 0 Å². The maximum absolute atomic E-state index is 13.0. The molecule has 1 aliphatic heterocycles. The number of amides is 1. The van der Waals surface area contributed by atoms with Crippen molar-refractivity contribution in [2.24, 2.45) is 5.92 Å². The molecule has 108 valence electrons. The van der Waals surface area contributed by atoms with Gasteiger partial charge in [-0.2, -0.15) is 0 Å². The molecule has 0 radical (unpaired) electrons. The number of halogens is 1. The second kappa shape index (κ2) is 5.92. The molecule has 3 rings (SSSR count). The summed E-state index contributed by atoms with van der Waals surface area (Å²) in [5.41, 5.74) is 1.09. The standard InChI is InChI=1S/C16H21FN2O/c17-14-7-5-13(6-8-14)16(12-3-4-12)18-11-15(20)19-9-1-2-10-19/h5-8,12,16,18H,1-4,9-11H2. The molecule has 0 spiro atoms. The zero-order valence-electron chi connectivity index (χ0n) is 11.6. The molecule has 1 unspecified atom stereocenters. The normalized spacial score (nSPS) is 20.1. The number of carbonyl (C=O) groups excluding carboxylic acids is 1. The van der Waals surface area contributed by atoms with Crippen LogP contribution in [0.25, 0.3) is 0 Å². The highest BCUT2D eigenvalue weighted by atomic mass is 19.1. The Kier molecular flexibility index (Phi) is 4.01. The van der Waals surface area contributed by atoms with Gasteiger partial charge in [0.1, 0.15) is 5.82 Å². The van der Waals surface area contributed by atoms with Crippen LogP contribution in [0.5, 0.6) is 0 Å². The predicted octanol–water partition coefficient (Wildman–Crippen LogP) is 2.49. The SMILES string of the molecule is O=C(CNC(c1ccc(F)cc1)C1CC1)N1CCCC1. The highest BCUT2D eigenvalue weighted by Gasteiger charge is 2.32. The van der Waals surface area contributed by atoms with E-state index >= 15 is 0 Å². The van der Waals surface area contributed by atoms with Crippen LogP contribution in [0.3, 0.4) is 0 Å². The lowest BCUT2D eigenvalue weighted by Crippen LogP contribution is -2.38. The fraction of sp³-hybridized carbons (Fsp3) is 0.562. The van der Waals surface area contributed by atoms with Crippen molar-refractivity contribution in [3.8, 4) is 0 Å². The van der Waals surface area contributed by atoms with E-state index in [9.17, 15) is 9.18 Å². The van der Waals surface area contributed by atoms with Gasteiger partial charge < -0.3 is 10.2 Å². The molecule has 1 atom stereocenters. The summed E-state index contributed by atoms with van der Waals surface area (Å²) >= 11 is 0. The average Bonchev–Trinajstić information content (AvgIpc) is 3.14. The van der Waals surface area contributed by atoms with Gasteiger partial charge in [-0.3, -0.25) is 4.79 Å². The second-order valence-electron chi connectivity index (χ2n) is 5.84. The molecule has 0 bridgehead atoms. The first-order valence-electron chi connectivity index (χ1n) is 7.50. The summed E-state index contributed by atoms with van der Waals surface area (Å²) in [6.45, 7) is 2.18. The second-order valence-corrected chi connectivity index (χ2v) is 5.84. The Morgan fingerprint density at radius 2 is 1.90 bits per heavy atom. The van der Waals surface area contributed by atoms with Crippen LogP contribution in [-0.2, 0) is 4.79 Å². The molecule has 1 saturated heterocycles. The van der Waals surface area contributed by atoms with E-state index in [1.54, 1.807) is 0 Å². The van der Waals surface area contributed by atoms with Crippen LogP contribution in [0, 0.1) is 11.7 Å². The fourth-order valence-corrected chi connectivity index (χ4v) is 2.93. The number of hydrogen-bond donors (Lipinski definition) is 1. The summed E-state index contributed by atoms with van der Waals surface area (Å²) < 4.78 is 13.0. The molecule has 1 amide bonds. The van der Waals surface area contributed by atoms with E-state index in [1.807, 2.05) is 17.0 Å². The Morgan fingerprint density at radius 1 is 1.25 bits per heavy atom. The Hall–Kier alpha value is -1.42. The number of nitrogens with zero attached hydrogens (tertiary/aromatic N) is 1. The molecule has 1 aliphatic carbocycles. The van der Waals surface area contributed by atoms with Crippen molar-refractivity contribution in [3.63, 3.8) is 0 Å². The van der Waals surface area contributed by atoms with Gasteiger partial charge in [0.25, 0.3) is 0 Å². The first-order chi connectivity index (χ1) is 9.74. The summed E-state index contributed by atoms with van der Waals surface area (Å²) in [6, 6.07) is 6.82. The van der Waals surface area contributed by atoms with E-state index < -0.39 is 0 Å². The van der Waals surface area contributed by atoms with Crippen molar-refractivity contribution in [3.05, 3.63) is 35.6 Å². The maximum atomic E-state index is 13.0. The molecular weight excluding hydrogens is 255 g/mol. The molecule has 3 nitrogen and oxygen atoms in total. The van der Waals surface area contributed by atoms with Crippen molar-refractivity contribution in [2.45, 2.75) is 31.7 Å². The molecule has 1 saturated carbocycles. The Balaban J connectivity index is 1.60. The highest BCUT2D eigenvalue weighted by molar-refractivity contribution is 5.78. The van der Waals surface area contributed by atoms with Crippen LogP contribution in [0.4, 0.5) is 4.39 Å². The Morgan fingerprint density at radius 3 is 2.50 bits per heavy atom. The fourth-order valence-electron chi connectivity index (χ4n) is 2.93. The van der Waals surface area contributed by atoms with Gasteiger partial charge in [0.05, 0.1) is 6.54 Å². The summed E-state index contributed by atoms with van der Waals surface area (Å²) in [5, 5.41) is 3.38. The Labute approximate surface area is 119 Å². The third kappa shape index (κ3) is 3.18. The molecule has 0 aromatic heterocycles. The first kappa shape index (κ1) is 13.6. The molecule has 1 aromatic rings. The van der Waals surface area contributed by atoms with Gasteiger partial charge in [-0.1, -0.05) is 12.1 Å². The number of carbonyl (C=O) groups is 1. The van der Waals surface area contributed by atoms with Gasteiger partial charge in [0.15, 0.2) is 0 Å². The minimum absolute atomic E-state index is 0.183. The van der Waals surface area contributed by atoms with Crippen LogP contribution in [-0.4, -0.2) is 30.4 Å². The summed E-state index contributed by atoms with van der Waals surface area (Å²) in [6.07, 6.45) is 4.62. The van der Waals surface area contributed by atoms with Gasteiger partial charge in [-0.15, -0.1) is 0 Å². The van der Waals surface area contributed by atoms with Gasteiger partial charge >= 0.3 is 0 Å². The molecule has 2 fully saturated rings. The number of nitrogens with one attached hydrogen (secondary N) is 1. The smallest absolute Gasteiger partial charge is 0.236 e. The van der Waals surface area contributed by atoms with Crippen LogP contribution < -0.4 is 5.32 Å². The molecule has 1 heterocycles. The molecule has 2 aliphatic rings. The highest BCUT2D eigenvalue weighted by Crippen LogP contribution is 2.40. The van der Waals surface area contributed by atoms with Crippen LogP contribution in [0.1, 0.15) is 37.3 Å². The van der Waals surface area contributed by atoms with E-state index in [0.717, 1.165) is 31.5 Å². The zero-order valence-corrected chi connectivity index (χ0v) is 11.6. The van der Waals surface area contributed by atoms with Crippen LogP contribution in [0.15, 0.2) is 24.3 Å². The lowest BCUT2D eigenvalue weighted by Gasteiger charge is -2.21. The monoisotopic (exact) mass is 276 g/mol. The minimum Gasteiger partial charge on any atom is -0.342 e. The lowest BCUT2D eigenvalue weighted by molar-refractivity contribution is -0.129. The zero-order chi connectivity index (χ0) is 13.9. The average molecular weight is 276 g/mol. The lowest BCUT2D eigenvalue weighted by atomic mass is 10.0. The summed E-state index contributed by atoms with van der Waals surface area (Å²) in [4.78, 5) is 14.0. The molecule has 20 heavy (non-hydrogen) atoms. The molecule has 4 heteroatoms. The summed E-state index contributed by atoms with van der Waals surface area (Å²) in [7, 11) is 0. The third-order valence-electron chi connectivity index (χ3n) is 4.25. The molecule has 1 aromatic carbocycles. The van der Waals surface area contributed by atoms with Crippen molar-refractivity contribution < 1.29 is 9.18 Å². The number of rotatable bonds is 5. The van der Waals surface area contributed by atoms with Crippen molar-refractivity contribution in [2.75, 3.05) is 19.6 Å². The van der Waals surface area contributed by atoms with Gasteiger partial charge in [-0.25, -0.2) is 4.39 Å². The van der Waals surface area contributed by atoms with Gasteiger partial charge in [0, 0.05) is 19.1 Å². The third-order valence-corrected chi connectivity index (χ3v) is 4.25. The Bertz CT molecular complexity index is 464. The van der Waals surface area contributed by atoms with E-state index in [-0.39, 0.29) is 17.8 Å². The molecule has 1 N–H and O–H groups in total. The minimum atomic E-state index is -0.212. The first-order valence-corrected chi connectivity index (χ1v) is 7.50. The van der Waals surface area contributed by atoms with Gasteiger partial charge in [-0.05, 0) is 49.3 Å². The van der Waals surface area contributed by atoms with Crippen LogP contribution in [0.2, 0.25) is 0 Å². The quantitative estimate of drug-likeness (QED) is 0.896. The van der Waals surface area contributed by atoms with Crippen molar-refractivity contribution >= 4 is 5.91 Å². The molecular formula is C16H21FN2O. The van der Waals surface area contributed by atoms with E-state index in [1.165, 1.54) is 25.0 Å². The summed E-state index contributed by atoms with van der Waals surface area (Å²) in [5.74, 6) is 0.568. The van der Waals surface area contributed by atoms with E-state index in [2.05, 4.69) is 5.32 Å². The maximum Gasteiger partial charge on any atom is 0.236 e. The van der Waals surface area contributed by atoms with E-state index in [4.69, 9.17) is 0 Å². The predicted molar refractivity (Wildman–Crippen MR) is 75.7 cm³/mol. The van der Waals surface area contributed by atoms with Gasteiger partial charge in [0.2, 0.25) is 5.91 Å². The van der Waals surface area contributed by atoms with E-state index in [0.29, 0.717) is 12.5 Å².